The lowest BCUT2D eigenvalue weighted by Crippen LogP contribution is -2.63. The maximum atomic E-state index is 4.60. The van der Waals surface area contributed by atoms with Crippen molar-refractivity contribution in [2.24, 2.45) is 5.92 Å². The summed E-state index contributed by atoms with van der Waals surface area (Å²) in [6.07, 6.45) is 3.06. The highest BCUT2D eigenvalue weighted by molar-refractivity contribution is 7.22. The third-order valence-electron chi connectivity index (χ3n) is 4.07. The smallest absolute Gasteiger partial charge is 0.194 e. The fourth-order valence-corrected chi connectivity index (χ4v) is 3.94. The maximum Gasteiger partial charge on any atom is 0.194 e. The molecule has 94 valence electrons. The first-order valence-corrected chi connectivity index (χ1v) is 7.16. The van der Waals surface area contributed by atoms with Crippen LogP contribution in [0.25, 0.3) is 10.3 Å². The van der Waals surface area contributed by atoms with Gasteiger partial charge in [0.05, 0.1) is 10.9 Å². The van der Waals surface area contributed by atoms with Crippen molar-refractivity contribution in [1.29, 1.82) is 0 Å². The van der Waals surface area contributed by atoms with Crippen LogP contribution in [0.5, 0.6) is 0 Å². The van der Waals surface area contributed by atoms with Crippen LogP contribution >= 0.6 is 11.3 Å². The van der Waals surface area contributed by atoms with Crippen molar-refractivity contribution >= 4 is 26.8 Å². The van der Waals surface area contributed by atoms with E-state index in [1.54, 1.807) is 17.5 Å². The molecule has 4 heterocycles. The molecule has 2 aliphatic rings. The molecular formula is C12H15N5S. The van der Waals surface area contributed by atoms with Crippen LogP contribution in [-0.2, 0) is 0 Å². The predicted molar refractivity (Wildman–Crippen MR) is 71.9 cm³/mol. The molecule has 0 amide bonds. The van der Waals surface area contributed by atoms with Gasteiger partial charge in [0, 0.05) is 19.1 Å². The molecule has 6 heteroatoms. The van der Waals surface area contributed by atoms with Crippen molar-refractivity contribution in [3.63, 3.8) is 0 Å². The average molecular weight is 261 g/mol. The van der Waals surface area contributed by atoms with Gasteiger partial charge in [-0.25, -0.2) is 0 Å². The third kappa shape index (κ3) is 1.52. The first kappa shape index (κ1) is 10.6. The van der Waals surface area contributed by atoms with Gasteiger partial charge in [-0.05, 0) is 32.0 Å². The summed E-state index contributed by atoms with van der Waals surface area (Å²) < 4.78 is 1.13. The Morgan fingerprint density at radius 2 is 2.33 bits per heavy atom. The summed E-state index contributed by atoms with van der Waals surface area (Å²) in [5.74, 6) is 0.860. The molecule has 0 bridgehead atoms. The quantitative estimate of drug-likeness (QED) is 0.772. The van der Waals surface area contributed by atoms with Crippen molar-refractivity contribution in [3.05, 3.63) is 12.3 Å². The lowest BCUT2D eigenvalue weighted by Gasteiger charge is -2.52. The van der Waals surface area contributed by atoms with E-state index < -0.39 is 0 Å². The van der Waals surface area contributed by atoms with Crippen LogP contribution in [0.1, 0.15) is 6.42 Å². The van der Waals surface area contributed by atoms with E-state index in [2.05, 4.69) is 32.0 Å². The van der Waals surface area contributed by atoms with E-state index in [0.717, 1.165) is 34.5 Å². The number of nitrogens with zero attached hydrogens (tertiary/aromatic N) is 5. The molecule has 2 saturated heterocycles. The molecule has 18 heavy (non-hydrogen) atoms. The Bertz CT molecular complexity index is 550. The Balaban J connectivity index is 1.64. The normalized spacial score (nSPS) is 28.2. The lowest BCUT2D eigenvalue weighted by atomic mass is 9.83. The molecule has 0 N–H and O–H groups in total. The van der Waals surface area contributed by atoms with Gasteiger partial charge in [-0.15, -0.1) is 5.10 Å². The largest absolute Gasteiger partial charge is 0.343 e. The van der Waals surface area contributed by atoms with Crippen LogP contribution in [0.2, 0.25) is 0 Å². The number of likely N-dealkylation sites (tertiary alicyclic amines) is 1. The Morgan fingerprint density at radius 3 is 3.22 bits per heavy atom. The Hall–Kier alpha value is -1.27. The van der Waals surface area contributed by atoms with Gasteiger partial charge in [0.1, 0.15) is 0 Å². The highest BCUT2D eigenvalue weighted by Gasteiger charge is 2.43. The summed E-state index contributed by atoms with van der Waals surface area (Å²) in [7, 11) is 2.20. The van der Waals surface area contributed by atoms with Crippen LogP contribution in [0, 0.1) is 5.92 Å². The minimum Gasteiger partial charge on any atom is -0.343 e. The molecule has 2 fully saturated rings. The molecule has 2 atom stereocenters. The van der Waals surface area contributed by atoms with E-state index in [4.69, 9.17) is 0 Å². The maximum absolute atomic E-state index is 4.60. The molecule has 2 aliphatic heterocycles. The van der Waals surface area contributed by atoms with E-state index in [1.165, 1.54) is 13.0 Å². The summed E-state index contributed by atoms with van der Waals surface area (Å²) in [6, 6.07) is 2.64. The monoisotopic (exact) mass is 261 g/mol. The molecule has 5 nitrogen and oxygen atoms in total. The fourth-order valence-electron chi connectivity index (χ4n) is 2.98. The van der Waals surface area contributed by atoms with Gasteiger partial charge < -0.3 is 9.80 Å². The van der Waals surface area contributed by atoms with Crippen LogP contribution < -0.4 is 4.90 Å². The van der Waals surface area contributed by atoms with Gasteiger partial charge in [-0.1, -0.05) is 11.3 Å². The highest BCUT2D eigenvalue weighted by atomic mass is 32.1. The van der Waals surface area contributed by atoms with Crippen molar-refractivity contribution in [3.8, 4) is 0 Å². The molecular weight excluding hydrogens is 246 g/mol. The standard InChI is InChI=1S/C12H15N5S/c1-16-5-3-8-6-17(9(8)7-16)12-14-11-10(18-12)2-4-13-15-11/h2,4,8-9H,3,5-7H2,1H3/t8-,9-/m0/s1. The molecule has 2 aromatic heterocycles. The molecule has 2 aromatic rings. The van der Waals surface area contributed by atoms with E-state index in [1.807, 2.05) is 6.07 Å². The van der Waals surface area contributed by atoms with Gasteiger partial charge >= 0.3 is 0 Å². The zero-order chi connectivity index (χ0) is 12.1. The summed E-state index contributed by atoms with van der Waals surface area (Å²) in [4.78, 5) is 9.46. The molecule has 0 aliphatic carbocycles. The first-order valence-electron chi connectivity index (χ1n) is 6.35. The number of rotatable bonds is 1. The topological polar surface area (TPSA) is 45.2 Å². The van der Waals surface area contributed by atoms with Crippen molar-refractivity contribution in [2.75, 3.05) is 31.6 Å². The molecule has 0 unspecified atom stereocenters. The Kier molecular flexibility index (Phi) is 2.28. The zero-order valence-electron chi connectivity index (χ0n) is 10.3. The molecule has 0 spiro atoms. The first-order chi connectivity index (χ1) is 8.81. The summed E-state index contributed by atoms with van der Waals surface area (Å²) in [6.45, 7) is 3.55. The molecule has 0 saturated carbocycles. The van der Waals surface area contributed by atoms with Gasteiger partial charge in [-0.3, -0.25) is 0 Å². The number of thiazole rings is 1. The van der Waals surface area contributed by atoms with Gasteiger partial charge in [0.15, 0.2) is 10.8 Å². The Morgan fingerprint density at radius 1 is 1.39 bits per heavy atom. The molecule has 4 rings (SSSR count). The van der Waals surface area contributed by atoms with Crippen LogP contribution in [0.3, 0.4) is 0 Å². The average Bonchev–Trinajstić information content (AvgIpc) is 2.76. The number of hydrogen-bond acceptors (Lipinski definition) is 6. The second-order valence-corrected chi connectivity index (χ2v) is 6.26. The summed E-state index contributed by atoms with van der Waals surface area (Å²) >= 11 is 1.73. The van der Waals surface area contributed by atoms with Crippen molar-refractivity contribution in [2.45, 2.75) is 12.5 Å². The highest BCUT2D eigenvalue weighted by Crippen LogP contribution is 2.39. The van der Waals surface area contributed by atoms with Gasteiger partial charge in [0.25, 0.3) is 0 Å². The van der Waals surface area contributed by atoms with E-state index >= 15 is 0 Å². The van der Waals surface area contributed by atoms with Crippen molar-refractivity contribution in [1.82, 2.24) is 20.1 Å². The predicted octanol–water partition coefficient (Wildman–Crippen LogP) is 1.23. The zero-order valence-corrected chi connectivity index (χ0v) is 11.1. The number of fused-ring (bicyclic) bond motifs is 2. The second-order valence-electron chi connectivity index (χ2n) is 5.25. The van der Waals surface area contributed by atoms with Crippen LogP contribution in [0.4, 0.5) is 5.13 Å². The third-order valence-corrected chi connectivity index (χ3v) is 5.12. The van der Waals surface area contributed by atoms with E-state index in [-0.39, 0.29) is 0 Å². The lowest BCUT2D eigenvalue weighted by molar-refractivity contribution is 0.135. The minimum absolute atomic E-state index is 0.650. The second kappa shape index (κ2) is 3.86. The Labute approximate surface area is 109 Å². The van der Waals surface area contributed by atoms with Gasteiger partial charge in [0.2, 0.25) is 0 Å². The van der Waals surface area contributed by atoms with E-state index in [9.17, 15) is 0 Å². The van der Waals surface area contributed by atoms with Crippen molar-refractivity contribution < 1.29 is 0 Å². The number of piperidine rings is 1. The SMILES string of the molecule is CN1CC[C@H]2CN(c3nc4nnccc4s3)[C@H]2C1. The van der Waals surface area contributed by atoms with Crippen LogP contribution in [-0.4, -0.2) is 52.8 Å². The fraction of sp³-hybridized carbons (Fsp3) is 0.583. The summed E-state index contributed by atoms with van der Waals surface area (Å²) in [5.41, 5.74) is 0.783. The van der Waals surface area contributed by atoms with E-state index in [0.29, 0.717) is 6.04 Å². The van der Waals surface area contributed by atoms with Gasteiger partial charge in [-0.2, -0.15) is 10.1 Å². The number of aromatic nitrogens is 3. The molecule has 0 radical (unpaired) electrons. The molecule has 0 aromatic carbocycles. The minimum atomic E-state index is 0.650. The number of likely N-dealkylation sites (N-methyl/N-ethyl adjacent to an activating group) is 1. The number of anilines is 1. The summed E-state index contributed by atoms with van der Waals surface area (Å²) in [5, 5.41) is 9.08. The van der Waals surface area contributed by atoms with Crippen LogP contribution in [0.15, 0.2) is 12.3 Å². The number of hydrogen-bond donors (Lipinski definition) is 0.